The molecule has 0 spiro atoms. The fourth-order valence-corrected chi connectivity index (χ4v) is 12.5. The van der Waals surface area contributed by atoms with Crippen LogP contribution in [0, 0.1) is 0 Å². The van der Waals surface area contributed by atoms with Crippen LogP contribution in [-0.2, 0) is 14.0 Å². The molecule has 2 unspecified atom stereocenters. The highest BCUT2D eigenvalue weighted by atomic mass is 28.4. The molecule has 0 aromatic heterocycles. The van der Waals surface area contributed by atoms with Crippen molar-refractivity contribution >= 4 is 36.4 Å². The third-order valence-corrected chi connectivity index (χ3v) is 28.1. The standard InChI is InChI=1S/C26H52O5Si3/c1-22(2,3)32(10,11)25(20(27)28)16-19(31-34(14,15)24(7,8)9)17-26(18-25,21(29)30)33(12,13)23(4,5)6/h16H,17-18H2,1-15H3,(H,27,28)(H,29,30). The van der Waals surface area contributed by atoms with Crippen LogP contribution >= 0.6 is 0 Å². The Kier molecular flexibility index (Phi) is 7.89. The molecule has 5 nitrogen and oxygen atoms in total. The highest BCUT2D eigenvalue weighted by Gasteiger charge is 2.68. The van der Waals surface area contributed by atoms with Crippen LogP contribution in [0.15, 0.2) is 11.8 Å². The summed E-state index contributed by atoms with van der Waals surface area (Å²) in [5.41, 5.74) is 0. The summed E-state index contributed by atoms with van der Waals surface area (Å²) in [5, 5.41) is 18.9. The molecule has 2 N–H and O–H groups in total. The van der Waals surface area contributed by atoms with Gasteiger partial charge in [-0.2, -0.15) is 0 Å². The van der Waals surface area contributed by atoms with Gasteiger partial charge in [0.25, 0.3) is 0 Å². The zero-order chi connectivity index (χ0) is 27.6. The average molecular weight is 529 g/mol. The van der Waals surface area contributed by atoms with Gasteiger partial charge in [0.05, 0.1) is 32.0 Å². The Labute approximate surface area is 211 Å². The Morgan fingerprint density at radius 3 is 1.47 bits per heavy atom. The Bertz CT molecular complexity index is 853. The van der Waals surface area contributed by atoms with Crippen LogP contribution in [0.2, 0.25) is 64.5 Å². The summed E-state index contributed by atoms with van der Waals surface area (Å²) in [4.78, 5) is 26.7. The maximum absolute atomic E-state index is 13.4. The van der Waals surface area contributed by atoms with E-state index >= 15 is 0 Å². The summed E-state index contributed by atoms with van der Waals surface area (Å²) < 4.78 is 6.79. The number of aliphatic carboxylic acids is 2. The molecule has 0 saturated carbocycles. The van der Waals surface area contributed by atoms with Crippen LogP contribution in [0.5, 0.6) is 0 Å². The molecule has 0 bridgehead atoms. The lowest BCUT2D eigenvalue weighted by molar-refractivity contribution is -0.144. The van der Waals surface area contributed by atoms with E-state index in [0.29, 0.717) is 5.76 Å². The maximum Gasteiger partial charge on any atom is 0.310 e. The molecule has 8 heteroatoms. The second-order valence-electron chi connectivity index (χ2n) is 15.2. The van der Waals surface area contributed by atoms with E-state index in [1.54, 1.807) is 0 Å². The van der Waals surface area contributed by atoms with Crippen LogP contribution in [0.4, 0.5) is 0 Å². The van der Waals surface area contributed by atoms with E-state index in [9.17, 15) is 19.8 Å². The fourth-order valence-electron chi connectivity index (χ4n) is 4.81. The summed E-state index contributed by atoms with van der Waals surface area (Å²) in [5.74, 6) is -1.18. The van der Waals surface area contributed by atoms with Crippen molar-refractivity contribution in [1.82, 2.24) is 0 Å². The van der Waals surface area contributed by atoms with E-state index < -0.39 is 46.5 Å². The summed E-state index contributed by atoms with van der Waals surface area (Å²) in [6.45, 7) is 31.9. The predicted molar refractivity (Wildman–Crippen MR) is 151 cm³/mol. The molecule has 0 saturated heterocycles. The highest BCUT2D eigenvalue weighted by molar-refractivity contribution is 6.88. The Morgan fingerprint density at radius 1 is 0.765 bits per heavy atom. The number of carbonyl (C=O) groups is 2. The van der Waals surface area contributed by atoms with E-state index in [0.717, 1.165) is 0 Å². The van der Waals surface area contributed by atoms with Gasteiger partial charge in [-0.15, -0.1) is 0 Å². The van der Waals surface area contributed by atoms with Crippen molar-refractivity contribution in [3.63, 3.8) is 0 Å². The third kappa shape index (κ3) is 4.75. The van der Waals surface area contributed by atoms with Gasteiger partial charge < -0.3 is 14.6 Å². The first-order valence-electron chi connectivity index (χ1n) is 12.5. The Hall–Kier alpha value is -0.869. The van der Waals surface area contributed by atoms with Crippen molar-refractivity contribution in [2.75, 3.05) is 0 Å². The number of carboxylic acids is 2. The molecule has 2 atom stereocenters. The topological polar surface area (TPSA) is 83.8 Å². The van der Waals surface area contributed by atoms with E-state index in [1.807, 2.05) is 6.08 Å². The van der Waals surface area contributed by atoms with Crippen molar-refractivity contribution in [1.29, 1.82) is 0 Å². The quantitative estimate of drug-likeness (QED) is 0.338. The van der Waals surface area contributed by atoms with Crippen molar-refractivity contribution in [3.8, 4) is 0 Å². The molecule has 0 aromatic carbocycles. The first kappa shape index (κ1) is 31.2. The van der Waals surface area contributed by atoms with Gasteiger partial charge in [-0.05, 0) is 40.7 Å². The normalized spacial score (nSPS) is 25.6. The van der Waals surface area contributed by atoms with Crippen LogP contribution in [0.25, 0.3) is 0 Å². The number of hydrogen-bond acceptors (Lipinski definition) is 3. The minimum absolute atomic E-state index is 0.0863. The predicted octanol–water partition coefficient (Wildman–Crippen LogP) is 8.35. The monoisotopic (exact) mass is 528 g/mol. The largest absolute Gasteiger partial charge is 0.547 e. The Morgan fingerprint density at radius 2 is 1.18 bits per heavy atom. The zero-order valence-corrected chi connectivity index (χ0v) is 27.6. The molecule has 0 fully saturated rings. The second-order valence-corrected chi connectivity index (χ2v) is 31.3. The van der Waals surface area contributed by atoms with Gasteiger partial charge in [0.15, 0.2) is 0 Å². The molecule has 1 aliphatic rings. The zero-order valence-electron chi connectivity index (χ0n) is 24.6. The minimum Gasteiger partial charge on any atom is -0.547 e. The van der Waals surface area contributed by atoms with Gasteiger partial charge in [-0.3, -0.25) is 9.59 Å². The SMILES string of the molecule is CC(C)(C)[Si](C)(C)OC1=CC(C(=O)O)([Si](C)(C)C(C)(C)C)CC(C(=O)O)([Si](C)(C)C(C)(C)C)C1. The maximum atomic E-state index is 13.4. The lowest BCUT2D eigenvalue weighted by Gasteiger charge is -2.59. The van der Waals surface area contributed by atoms with Gasteiger partial charge in [0.2, 0.25) is 8.32 Å². The first-order valence-corrected chi connectivity index (χ1v) is 21.4. The van der Waals surface area contributed by atoms with Crippen molar-refractivity contribution in [2.45, 2.75) is 140 Å². The average Bonchev–Trinajstić information content (AvgIpc) is 2.57. The number of carboxylic acid groups (broad SMARTS) is 2. The van der Waals surface area contributed by atoms with E-state index in [1.165, 1.54) is 0 Å². The van der Waals surface area contributed by atoms with Crippen molar-refractivity contribution in [3.05, 3.63) is 11.8 Å². The number of hydrogen-bond donors (Lipinski definition) is 2. The molecule has 0 aliphatic heterocycles. The minimum atomic E-state index is -2.63. The van der Waals surface area contributed by atoms with Crippen LogP contribution in [0.1, 0.15) is 75.2 Å². The van der Waals surface area contributed by atoms with Gasteiger partial charge in [0.1, 0.15) is 0 Å². The summed E-state index contributed by atoms with van der Waals surface area (Å²) in [6.07, 6.45) is 2.29. The molecule has 0 aromatic rings. The number of allylic oxidation sites excluding steroid dienone is 1. The molecule has 0 radical (unpaired) electrons. The molecule has 34 heavy (non-hydrogen) atoms. The fraction of sp³-hybridized carbons (Fsp3) is 0.846. The van der Waals surface area contributed by atoms with Crippen LogP contribution in [0.3, 0.4) is 0 Å². The van der Waals surface area contributed by atoms with Crippen molar-refractivity contribution in [2.24, 2.45) is 0 Å². The first-order chi connectivity index (χ1) is 14.6. The molecular formula is C26H52O5Si3. The molecule has 198 valence electrons. The molecule has 0 amide bonds. The van der Waals surface area contributed by atoms with Gasteiger partial charge in [-0.25, -0.2) is 0 Å². The van der Waals surface area contributed by atoms with E-state index in [2.05, 4.69) is 102 Å². The summed E-state index contributed by atoms with van der Waals surface area (Å²) in [7, 11) is -7.55. The molecule has 1 aliphatic carbocycles. The van der Waals surface area contributed by atoms with Gasteiger partial charge in [-0.1, -0.05) is 88.5 Å². The van der Waals surface area contributed by atoms with Crippen LogP contribution < -0.4 is 0 Å². The highest BCUT2D eigenvalue weighted by Crippen LogP contribution is 2.69. The van der Waals surface area contributed by atoms with Gasteiger partial charge in [0, 0.05) is 6.42 Å². The summed E-state index contributed by atoms with van der Waals surface area (Å²) in [6, 6.07) is 0. The lowest BCUT2D eigenvalue weighted by Crippen LogP contribution is -2.62. The number of rotatable bonds is 6. The second kappa shape index (κ2) is 8.61. The van der Waals surface area contributed by atoms with E-state index in [-0.39, 0.29) is 28.0 Å². The molecular weight excluding hydrogens is 477 g/mol. The molecule has 0 heterocycles. The third-order valence-electron chi connectivity index (χ3n) is 10.5. The van der Waals surface area contributed by atoms with Crippen LogP contribution in [-0.4, -0.2) is 46.6 Å². The Balaban J connectivity index is 4.15. The lowest BCUT2D eigenvalue weighted by atomic mass is 9.83. The van der Waals surface area contributed by atoms with Crippen molar-refractivity contribution < 1.29 is 24.2 Å². The van der Waals surface area contributed by atoms with E-state index in [4.69, 9.17) is 4.43 Å². The summed E-state index contributed by atoms with van der Waals surface area (Å²) >= 11 is 0. The van der Waals surface area contributed by atoms with Gasteiger partial charge >= 0.3 is 11.9 Å². The smallest absolute Gasteiger partial charge is 0.310 e. The molecule has 1 rings (SSSR count).